The molecule has 1 fully saturated rings. The van der Waals surface area contributed by atoms with Gasteiger partial charge in [-0.25, -0.2) is 20.9 Å². The average Bonchev–Trinajstić information content (AvgIpc) is 3.43. The maximum atomic E-state index is 13.3. The zero-order chi connectivity index (χ0) is 25.9. The quantitative estimate of drug-likeness (QED) is 0.165. The number of ketones is 1. The summed E-state index contributed by atoms with van der Waals surface area (Å²) in [7, 11) is -4.10. The van der Waals surface area contributed by atoms with E-state index < -0.39 is 22.3 Å². The Hall–Kier alpha value is -2.65. The van der Waals surface area contributed by atoms with Gasteiger partial charge in [0.2, 0.25) is 5.78 Å². The minimum Gasteiger partial charge on any atom is -0.393 e. The first-order valence-corrected chi connectivity index (χ1v) is 13.6. The van der Waals surface area contributed by atoms with Gasteiger partial charge in [-0.05, 0) is 48.1 Å². The number of aliphatic hydroxyl groups is 1. The molecule has 0 saturated heterocycles. The number of hydrazine groups is 1. The molecule has 2 aromatic heterocycles. The molecule has 0 amide bonds. The van der Waals surface area contributed by atoms with E-state index in [1.54, 1.807) is 23.2 Å². The number of thiophene rings is 1. The van der Waals surface area contributed by atoms with Crippen molar-refractivity contribution in [3.8, 4) is 0 Å². The van der Waals surface area contributed by atoms with Gasteiger partial charge >= 0.3 is 10.3 Å². The molecular weight excluding hydrogens is 528 g/mol. The highest BCUT2D eigenvalue weighted by Crippen LogP contribution is 2.30. The molecule has 0 radical (unpaired) electrons. The van der Waals surface area contributed by atoms with Crippen molar-refractivity contribution in [3.05, 3.63) is 69.3 Å². The number of halogens is 1. The molecule has 3 aromatic rings. The number of nitrogens with two attached hydrogens (primary N) is 2. The number of nitrogens with zero attached hydrogens (tertiary/aromatic N) is 3. The van der Waals surface area contributed by atoms with E-state index in [4.69, 9.17) is 22.6 Å². The average molecular weight is 553 g/mol. The molecule has 1 saturated carbocycles. The molecule has 3 atom stereocenters. The summed E-state index contributed by atoms with van der Waals surface area (Å²) in [6.45, 7) is 0.154. The van der Waals surface area contributed by atoms with Crippen molar-refractivity contribution in [3.63, 3.8) is 0 Å². The molecule has 1 aromatic carbocycles. The van der Waals surface area contributed by atoms with Crippen LogP contribution in [0.1, 0.15) is 33.6 Å². The van der Waals surface area contributed by atoms with Crippen molar-refractivity contribution < 1.29 is 22.5 Å². The van der Waals surface area contributed by atoms with Crippen molar-refractivity contribution in [2.75, 3.05) is 16.9 Å². The number of carbonyl (C=O) groups excluding carboxylic acids is 1. The van der Waals surface area contributed by atoms with E-state index in [0.29, 0.717) is 35.1 Å². The Morgan fingerprint density at radius 1 is 1.33 bits per heavy atom. The van der Waals surface area contributed by atoms with Crippen LogP contribution < -0.4 is 21.3 Å². The van der Waals surface area contributed by atoms with E-state index in [1.165, 1.54) is 23.9 Å². The third kappa shape index (κ3) is 6.76. The molecular formula is C22H25ClN6O5S2. The van der Waals surface area contributed by atoms with Crippen molar-refractivity contribution >= 4 is 50.5 Å². The molecule has 1 aliphatic rings. The summed E-state index contributed by atoms with van der Waals surface area (Å²) in [4.78, 5) is 22.0. The first kappa shape index (κ1) is 26.4. The second-order valence-electron chi connectivity index (χ2n) is 8.46. The fourth-order valence-corrected chi connectivity index (χ4v) is 5.45. The van der Waals surface area contributed by atoms with Gasteiger partial charge in [-0.15, -0.1) is 11.3 Å². The Morgan fingerprint density at radius 3 is 2.89 bits per heavy atom. The van der Waals surface area contributed by atoms with E-state index in [-0.39, 0.29) is 24.0 Å². The van der Waals surface area contributed by atoms with Gasteiger partial charge in [-0.1, -0.05) is 17.7 Å². The summed E-state index contributed by atoms with van der Waals surface area (Å²) < 4.78 is 26.7. The number of hydrogen-bond donors (Lipinski definition) is 4. The third-order valence-corrected chi connectivity index (χ3v) is 7.45. The van der Waals surface area contributed by atoms with Crippen LogP contribution in [0.2, 0.25) is 5.02 Å². The Balaban J connectivity index is 1.43. The maximum absolute atomic E-state index is 13.3. The van der Waals surface area contributed by atoms with E-state index in [9.17, 15) is 18.3 Å². The number of anilines is 2. The number of aliphatic hydroxyl groups excluding tert-OH is 1. The molecule has 36 heavy (non-hydrogen) atoms. The Kier molecular flexibility index (Phi) is 8.20. The summed E-state index contributed by atoms with van der Waals surface area (Å²) in [5.74, 6) is 5.81. The zero-order valence-corrected chi connectivity index (χ0v) is 21.3. The highest BCUT2D eigenvalue weighted by Gasteiger charge is 2.34. The highest BCUT2D eigenvalue weighted by atomic mass is 35.5. The minimum atomic E-state index is -4.10. The van der Waals surface area contributed by atoms with Crippen LogP contribution in [0.15, 0.2) is 48.2 Å². The molecule has 0 spiro atoms. The molecule has 1 aliphatic carbocycles. The second kappa shape index (κ2) is 11.2. The number of benzene rings is 1. The van der Waals surface area contributed by atoms with Crippen LogP contribution in [0.3, 0.4) is 0 Å². The van der Waals surface area contributed by atoms with Crippen LogP contribution in [0.25, 0.3) is 0 Å². The van der Waals surface area contributed by atoms with E-state index in [1.807, 2.05) is 17.5 Å². The van der Waals surface area contributed by atoms with Gasteiger partial charge in [-0.3, -0.25) is 8.98 Å². The molecule has 192 valence electrons. The Morgan fingerprint density at radius 2 is 2.14 bits per heavy atom. The standard InChI is InChI=1S/C22H25ClN6O5S2/c23-15-2-1-3-17(6-15)29(24)9-13-4-20(35-11-13)21(31)18-8-26-12-27-22(18)28-16-5-14(19(30)7-16)10-34-36(25,32)33/h1-4,6,8,11-12,14,16,19,30H,5,7,9-10,24H2,(H2,25,32,33)(H,26,27,28)/t14-,16-,19+/m1/s1. The predicted octanol–water partition coefficient (Wildman–Crippen LogP) is 2.07. The number of carbonyl (C=O) groups is 1. The molecule has 2 heterocycles. The fourth-order valence-electron chi connectivity index (χ4n) is 4.04. The largest absolute Gasteiger partial charge is 0.393 e. The van der Waals surface area contributed by atoms with Crippen LogP contribution in [0.4, 0.5) is 11.5 Å². The molecule has 14 heteroatoms. The summed E-state index contributed by atoms with van der Waals surface area (Å²) in [5.41, 5.74) is 1.88. The Labute approximate surface area is 217 Å². The van der Waals surface area contributed by atoms with Gasteiger partial charge in [0, 0.05) is 23.2 Å². The lowest BCUT2D eigenvalue weighted by Crippen LogP contribution is -2.29. The van der Waals surface area contributed by atoms with Gasteiger partial charge < -0.3 is 15.4 Å². The van der Waals surface area contributed by atoms with Crippen LogP contribution >= 0.6 is 22.9 Å². The topological polar surface area (TPSA) is 174 Å². The van der Waals surface area contributed by atoms with Crippen molar-refractivity contribution in [1.29, 1.82) is 0 Å². The molecule has 0 aliphatic heterocycles. The molecule has 6 N–H and O–H groups in total. The molecule has 0 bridgehead atoms. The van der Waals surface area contributed by atoms with Crippen molar-refractivity contribution in [2.24, 2.45) is 16.9 Å². The summed E-state index contributed by atoms with van der Waals surface area (Å²) in [6.07, 6.45) is 2.71. The smallest absolute Gasteiger partial charge is 0.333 e. The minimum absolute atomic E-state index is 0.223. The van der Waals surface area contributed by atoms with E-state index in [2.05, 4.69) is 19.5 Å². The lowest BCUT2D eigenvalue weighted by Gasteiger charge is -2.18. The van der Waals surface area contributed by atoms with Crippen molar-refractivity contribution in [2.45, 2.75) is 31.5 Å². The van der Waals surface area contributed by atoms with Crippen LogP contribution in [0, 0.1) is 5.92 Å². The van der Waals surface area contributed by atoms with Gasteiger partial charge in [0.25, 0.3) is 0 Å². The lowest BCUT2D eigenvalue weighted by molar-refractivity contribution is 0.101. The van der Waals surface area contributed by atoms with Gasteiger partial charge in [0.05, 0.1) is 35.4 Å². The first-order valence-electron chi connectivity index (χ1n) is 10.9. The Bertz CT molecular complexity index is 1340. The monoisotopic (exact) mass is 552 g/mol. The van der Waals surface area contributed by atoms with Crippen LogP contribution in [0.5, 0.6) is 0 Å². The lowest BCUT2D eigenvalue weighted by atomic mass is 10.1. The number of aromatic nitrogens is 2. The molecule has 0 unspecified atom stereocenters. The number of hydrogen-bond acceptors (Lipinski definition) is 11. The first-order chi connectivity index (χ1) is 17.1. The number of nitrogens with one attached hydrogen (secondary N) is 1. The highest BCUT2D eigenvalue weighted by molar-refractivity contribution is 7.84. The van der Waals surface area contributed by atoms with Gasteiger partial charge in [-0.2, -0.15) is 8.42 Å². The maximum Gasteiger partial charge on any atom is 0.333 e. The normalized spacial score (nSPS) is 19.8. The fraction of sp³-hybridized carbons (Fsp3) is 0.318. The van der Waals surface area contributed by atoms with Crippen LogP contribution in [-0.2, 0) is 21.0 Å². The van der Waals surface area contributed by atoms with Crippen LogP contribution in [-0.4, -0.2) is 48.0 Å². The SMILES string of the molecule is NN(Cc1csc(C(=O)c2cncnc2N[C@@H]2C[C@H](COS(N)(=O)=O)[C@@H](O)C2)c1)c1cccc(Cl)c1. The van der Waals surface area contributed by atoms with E-state index >= 15 is 0 Å². The van der Waals surface area contributed by atoms with Gasteiger partial charge in [0.1, 0.15) is 12.1 Å². The van der Waals surface area contributed by atoms with E-state index in [0.717, 1.165) is 11.3 Å². The van der Waals surface area contributed by atoms with Crippen molar-refractivity contribution in [1.82, 2.24) is 9.97 Å². The second-order valence-corrected chi connectivity index (χ2v) is 11.0. The number of rotatable bonds is 10. The zero-order valence-electron chi connectivity index (χ0n) is 19.0. The molecule has 4 rings (SSSR count). The summed E-state index contributed by atoms with van der Waals surface area (Å²) in [5, 5.41) is 22.3. The predicted molar refractivity (Wildman–Crippen MR) is 137 cm³/mol. The third-order valence-electron chi connectivity index (χ3n) is 5.77. The van der Waals surface area contributed by atoms with Gasteiger partial charge in [0.15, 0.2) is 0 Å². The summed E-state index contributed by atoms with van der Waals surface area (Å²) in [6, 6.07) is 8.69. The molecule has 11 nitrogen and oxygen atoms in total. The summed E-state index contributed by atoms with van der Waals surface area (Å²) >= 11 is 7.33.